The minimum Gasteiger partial charge on any atom is -0.211 e. The summed E-state index contributed by atoms with van der Waals surface area (Å²) in [6.07, 6.45) is 4.35. The normalized spacial score (nSPS) is 9.75. The van der Waals surface area contributed by atoms with Crippen LogP contribution in [0.3, 0.4) is 0 Å². The lowest BCUT2D eigenvalue weighted by Crippen LogP contribution is -2.20. The number of isocyanates is 3. The Morgan fingerprint density at radius 1 is 0.571 bits per heavy atom. The summed E-state index contributed by atoms with van der Waals surface area (Å²) in [6, 6.07) is 22.7. The van der Waals surface area contributed by atoms with Crippen LogP contribution in [-0.4, -0.2) is 18.2 Å². The van der Waals surface area contributed by atoms with Gasteiger partial charge in [0.2, 0.25) is 18.2 Å². The third kappa shape index (κ3) is 3.97. The largest absolute Gasteiger partial charge is 0.240 e. The van der Waals surface area contributed by atoms with Crippen molar-refractivity contribution in [1.82, 2.24) is 0 Å². The second-order valence-corrected chi connectivity index (χ2v) is 7.60. The quantitative estimate of drug-likeness (QED) is 0.370. The fraction of sp³-hybridized carbons (Fsp3) is 0. The average Bonchev–Trinajstić information content (AvgIpc) is 2.74. The summed E-state index contributed by atoms with van der Waals surface area (Å²) < 4.78 is 0. The molecule has 134 valence electrons. The molecule has 0 atom stereocenters. The summed E-state index contributed by atoms with van der Waals surface area (Å²) in [5.74, 6) is 0. The van der Waals surface area contributed by atoms with Crippen LogP contribution in [0.1, 0.15) is 0 Å². The maximum absolute atomic E-state index is 11.1. The number of hydrogen-bond donors (Lipinski definition) is 0. The van der Waals surface area contributed by atoms with E-state index in [1.165, 1.54) is 18.2 Å². The second kappa shape index (κ2) is 9.25. The van der Waals surface area contributed by atoms with Gasteiger partial charge in [-0.2, -0.15) is 15.0 Å². The van der Waals surface area contributed by atoms with Crippen molar-refractivity contribution in [1.29, 1.82) is 0 Å². The standard InChI is InChI=1S/C21H12N3O3P/c25-13-22-18-11-12-19(21(24-15-27)20(18)23-14-26)28(16-7-3-1-4-8-16)17-9-5-2-6-10-17/h1-12H. The summed E-state index contributed by atoms with van der Waals surface area (Å²) in [6.45, 7) is 0. The lowest BCUT2D eigenvalue weighted by atomic mass is 10.2. The molecule has 0 fully saturated rings. The maximum Gasteiger partial charge on any atom is 0.240 e. The van der Waals surface area contributed by atoms with Crippen molar-refractivity contribution in [2.24, 2.45) is 15.0 Å². The van der Waals surface area contributed by atoms with Gasteiger partial charge in [-0.1, -0.05) is 60.7 Å². The molecule has 0 aliphatic carbocycles. The lowest BCUT2D eigenvalue weighted by Gasteiger charge is -2.21. The third-order valence-corrected chi connectivity index (χ3v) is 6.33. The van der Waals surface area contributed by atoms with Crippen molar-refractivity contribution in [3.05, 3.63) is 72.8 Å². The van der Waals surface area contributed by atoms with Gasteiger partial charge in [0.05, 0.1) is 0 Å². The van der Waals surface area contributed by atoms with Gasteiger partial charge in [0.25, 0.3) is 0 Å². The zero-order valence-electron chi connectivity index (χ0n) is 14.4. The van der Waals surface area contributed by atoms with Gasteiger partial charge in [0, 0.05) is 5.30 Å². The van der Waals surface area contributed by atoms with Gasteiger partial charge < -0.3 is 0 Å². The van der Waals surface area contributed by atoms with E-state index in [9.17, 15) is 14.4 Å². The molecule has 0 unspecified atom stereocenters. The van der Waals surface area contributed by atoms with Crippen LogP contribution in [0.15, 0.2) is 87.8 Å². The fourth-order valence-corrected chi connectivity index (χ4v) is 5.16. The van der Waals surface area contributed by atoms with Gasteiger partial charge in [-0.25, -0.2) is 14.4 Å². The summed E-state index contributed by atoms with van der Waals surface area (Å²) in [4.78, 5) is 43.8. The van der Waals surface area contributed by atoms with E-state index in [0.29, 0.717) is 5.30 Å². The van der Waals surface area contributed by atoms with Gasteiger partial charge in [0.1, 0.15) is 17.1 Å². The van der Waals surface area contributed by atoms with Crippen molar-refractivity contribution in [2.75, 3.05) is 0 Å². The summed E-state index contributed by atoms with van der Waals surface area (Å²) >= 11 is 0. The van der Waals surface area contributed by atoms with Gasteiger partial charge in [-0.05, 0) is 30.7 Å². The first-order valence-electron chi connectivity index (χ1n) is 8.11. The fourth-order valence-electron chi connectivity index (χ4n) is 2.77. The van der Waals surface area contributed by atoms with Crippen LogP contribution in [-0.2, 0) is 14.4 Å². The van der Waals surface area contributed by atoms with E-state index in [-0.39, 0.29) is 17.1 Å². The Labute approximate surface area is 161 Å². The van der Waals surface area contributed by atoms with Crippen LogP contribution < -0.4 is 15.9 Å². The highest BCUT2D eigenvalue weighted by atomic mass is 31.1. The first-order valence-corrected chi connectivity index (χ1v) is 9.45. The SMILES string of the molecule is O=C=Nc1ccc(P(c2ccccc2)c2ccccc2)c(N=C=O)c1N=C=O. The molecule has 28 heavy (non-hydrogen) atoms. The van der Waals surface area contributed by atoms with E-state index in [1.54, 1.807) is 12.1 Å². The summed E-state index contributed by atoms with van der Waals surface area (Å²) in [5.41, 5.74) is 0.194. The number of nitrogens with zero attached hydrogens (tertiary/aromatic N) is 3. The van der Waals surface area contributed by atoms with Crippen molar-refractivity contribution in [3.8, 4) is 0 Å². The van der Waals surface area contributed by atoms with Crippen LogP contribution >= 0.6 is 7.92 Å². The Bertz CT molecular complexity index is 1090. The molecule has 0 saturated carbocycles. The average molecular weight is 385 g/mol. The number of carbonyl (C=O) groups excluding carboxylic acids is 3. The molecule has 0 heterocycles. The predicted octanol–water partition coefficient (Wildman–Crippen LogP) is 3.35. The summed E-state index contributed by atoms with van der Waals surface area (Å²) in [7, 11) is -1.13. The van der Waals surface area contributed by atoms with Crippen LogP contribution in [0, 0.1) is 0 Å². The van der Waals surface area contributed by atoms with E-state index in [1.807, 2.05) is 60.7 Å². The molecule has 0 aliphatic rings. The second-order valence-electron chi connectivity index (χ2n) is 5.42. The molecule has 3 aromatic carbocycles. The molecule has 3 rings (SSSR count). The molecule has 0 spiro atoms. The van der Waals surface area contributed by atoms with Crippen LogP contribution in [0.5, 0.6) is 0 Å². The number of aliphatic imine (C=N–C) groups is 3. The number of benzene rings is 3. The molecular weight excluding hydrogens is 373 g/mol. The van der Waals surface area contributed by atoms with Crippen molar-refractivity contribution >= 4 is 59.1 Å². The highest BCUT2D eigenvalue weighted by Gasteiger charge is 2.23. The van der Waals surface area contributed by atoms with E-state index < -0.39 is 7.92 Å². The van der Waals surface area contributed by atoms with Crippen molar-refractivity contribution in [2.45, 2.75) is 0 Å². The smallest absolute Gasteiger partial charge is 0.211 e. The molecule has 6 nitrogen and oxygen atoms in total. The number of hydrogen-bond acceptors (Lipinski definition) is 6. The minimum atomic E-state index is -1.13. The van der Waals surface area contributed by atoms with Crippen molar-refractivity contribution < 1.29 is 14.4 Å². The molecule has 3 aromatic rings. The molecule has 0 bridgehead atoms. The van der Waals surface area contributed by atoms with Gasteiger partial charge in [-0.3, -0.25) is 0 Å². The van der Waals surface area contributed by atoms with Gasteiger partial charge in [-0.15, -0.1) is 0 Å². The van der Waals surface area contributed by atoms with E-state index in [0.717, 1.165) is 10.6 Å². The van der Waals surface area contributed by atoms with E-state index >= 15 is 0 Å². The molecule has 0 aromatic heterocycles. The first-order chi connectivity index (χ1) is 13.8. The van der Waals surface area contributed by atoms with Gasteiger partial charge in [0.15, 0.2) is 0 Å². The maximum atomic E-state index is 11.1. The number of rotatable bonds is 6. The molecule has 0 radical (unpaired) electrons. The molecular formula is C21H12N3O3P. The third-order valence-electron chi connectivity index (χ3n) is 3.86. The monoisotopic (exact) mass is 385 g/mol. The zero-order chi connectivity index (χ0) is 19.8. The van der Waals surface area contributed by atoms with Crippen molar-refractivity contribution in [3.63, 3.8) is 0 Å². The molecule has 0 aliphatic heterocycles. The Balaban J connectivity index is 2.37. The summed E-state index contributed by atoms with van der Waals surface area (Å²) in [5, 5.41) is 2.70. The van der Waals surface area contributed by atoms with E-state index in [4.69, 9.17) is 0 Å². The Morgan fingerprint density at radius 3 is 1.57 bits per heavy atom. The van der Waals surface area contributed by atoms with Crippen LogP contribution in [0.25, 0.3) is 0 Å². The Kier molecular flexibility index (Phi) is 6.28. The minimum absolute atomic E-state index is 0.0152. The molecule has 0 amide bonds. The van der Waals surface area contributed by atoms with Crippen LogP contribution in [0.4, 0.5) is 17.1 Å². The molecule has 0 N–H and O–H groups in total. The lowest BCUT2D eigenvalue weighted by molar-refractivity contribution is 0.564. The first kappa shape index (κ1) is 19.0. The van der Waals surface area contributed by atoms with Gasteiger partial charge >= 0.3 is 0 Å². The van der Waals surface area contributed by atoms with E-state index in [2.05, 4.69) is 15.0 Å². The highest BCUT2D eigenvalue weighted by molar-refractivity contribution is 7.80. The highest BCUT2D eigenvalue weighted by Crippen LogP contribution is 2.44. The molecule has 0 saturated heterocycles. The topological polar surface area (TPSA) is 88.3 Å². The Morgan fingerprint density at radius 2 is 1.07 bits per heavy atom. The van der Waals surface area contributed by atoms with Crippen LogP contribution in [0.2, 0.25) is 0 Å². The molecule has 7 heteroatoms. The Hall–Kier alpha value is -3.77. The zero-order valence-corrected chi connectivity index (χ0v) is 15.3. The predicted molar refractivity (Wildman–Crippen MR) is 108 cm³/mol.